The number of nitrogens with zero attached hydrogens (tertiary/aromatic N) is 2. The molecule has 1 aliphatic heterocycles. The molecule has 14 heavy (non-hydrogen) atoms. The zero-order chi connectivity index (χ0) is 9.80. The van der Waals surface area contributed by atoms with Crippen LogP contribution in [0.4, 0.5) is 0 Å². The number of thioether (sulfide) groups is 1. The molecule has 0 amide bonds. The Morgan fingerprint density at radius 1 is 1.50 bits per heavy atom. The lowest BCUT2D eigenvalue weighted by Crippen LogP contribution is -2.18. The van der Waals surface area contributed by atoms with Crippen molar-refractivity contribution < 1.29 is 0 Å². The number of rotatable bonds is 3. The van der Waals surface area contributed by atoms with E-state index < -0.39 is 0 Å². The van der Waals surface area contributed by atoms with Crippen molar-refractivity contribution in [1.82, 2.24) is 9.55 Å². The monoisotopic (exact) mass is 211 g/mol. The molecule has 0 aromatic carbocycles. The van der Waals surface area contributed by atoms with Crippen LogP contribution in [0.25, 0.3) is 0 Å². The first-order valence-corrected chi connectivity index (χ1v) is 6.36. The van der Waals surface area contributed by atoms with E-state index in [9.17, 15) is 0 Å². The average molecular weight is 211 g/mol. The van der Waals surface area contributed by atoms with Crippen molar-refractivity contribution in [2.45, 2.75) is 25.3 Å². The van der Waals surface area contributed by atoms with Crippen LogP contribution in [-0.2, 0) is 6.42 Å². The zero-order valence-electron chi connectivity index (χ0n) is 8.35. The predicted octanol–water partition coefficient (Wildman–Crippen LogP) is 1.45. The van der Waals surface area contributed by atoms with Crippen LogP contribution in [0.3, 0.4) is 0 Å². The second-order valence-corrected chi connectivity index (χ2v) is 4.90. The van der Waals surface area contributed by atoms with Crippen molar-refractivity contribution in [3.05, 3.63) is 18.2 Å². The molecule has 0 radical (unpaired) electrons. The van der Waals surface area contributed by atoms with Crippen LogP contribution in [-0.4, -0.2) is 27.6 Å². The lowest BCUT2D eigenvalue weighted by Gasteiger charge is -2.24. The van der Waals surface area contributed by atoms with Gasteiger partial charge in [0.15, 0.2) is 0 Å². The van der Waals surface area contributed by atoms with E-state index >= 15 is 0 Å². The van der Waals surface area contributed by atoms with Crippen molar-refractivity contribution in [2.24, 2.45) is 5.73 Å². The molecule has 0 spiro atoms. The van der Waals surface area contributed by atoms with Crippen molar-refractivity contribution in [1.29, 1.82) is 0 Å². The molecular formula is C10H17N3S. The molecule has 1 fully saturated rings. The normalized spacial score (nSPS) is 18.6. The Hall–Kier alpha value is -0.480. The summed E-state index contributed by atoms with van der Waals surface area (Å²) in [6.07, 6.45) is 7.42. The van der Waals surface area contributed by atoms with Gasteiger partial charge in [0.1, 0.15) is 0 Å². The predicted molar refractivity (Wildman–Crippen MR) is 60.6 cm³/mol. The van der Waals surface area contributed by atoms with Crippen LogP contribution in [0, 0.1) is 0 Å². The highest BCUT2D eigenvalue weighted by molar-refractivity contribution is 7.99. The molecule has 0 bridgehead atoms. The molecule has 1 aliphatic rings. The number of imidazole rings is 1. The first-order chi connectivity index (χ1) is 6.92. The largest absolute Gasteiger partial charge is 0.331 e. The highest BCUT2D eigenvalue weighted by atomic mass is 32.2. The molecule has 0 aliphatic carbocycles. The molecule has 2 N–H and O–H groups in total. The van der Waals surface area contributed by atoms with Crippen LogP contribution in [0.5, 0.6) is 0 Å². The number of nitrogens with two attached hydrogens (primary N) is 1. The molecule has 1 aromatic rings. The van der Waals surface area contributed by atoms with Gasteiger partial charge in [-0.1, -0.05) is 0 Å². The fourth-order valence-electron chi connectivity index (χ4n) is 1.97. The molecule has 2 heterocycles. The third-order valence-electron chi connectivity index (χ3n) is 2.73. The summed E-state index contributed by atoms with van der Waals surface area (Å²) in [5, 5.41) is 0. The maximum absolute atomic E-state index is 5.57. The highest BCUT2D eigenvalue weighted by Gasteiger charge is 2.17. The fraction of sp³-hybridized carbons (Fsp3) is 0.700. The van der Waals surface area contributed by atoms with Gasteiger partial charge < -0.3 is 10.3 Å². The van der Waals surface area contributed by atoms with Gasteiger partial charge >= 0.3 is 0 Å². The molecule has 78 valence electrons. The van der Waals surface area contributed by atoms with E-state index in [-0.39, 0.29) is 0 Å². The Morgan fingerprint density at radius 2 is 2.29 bits per heavy atom. The van der Waals surface area contributed by atoms with Crippen molar-refractivity contribution in [3.8, 4) is 0 Å². The van der Waals surface area contributed by atoms with Crippen molar-refractivity contribution in [3.63, 3.8) is 0 Å². The van der Waals surface area contributed by atoms with Crippen LogP contribution in [0.2, 0.25) is 0 Å². The topological polar surface area (TPSA) is 43.8 Å². The minimum absolute atomic E-state index is 0.667. The molecule has 1 saturated heterocycles. The molecule has 2 rings (SSSR count). The maximum Gasteiger partial charge on any atom is 0.0950 e. The van der Waals surface area contributed by atoms with E-state index in [1.165, 1.54) is 30.0 Å². The van der Waals surface area contributed by atoms with Gasteiger partial charge in [0.25, 0.3) is 0 Å². The van der Waals surface area contributed by atoms with Gasteiger partial charge in [-0.05, 0) is 30.9 Å². The summed E-state index contributed by atoms with van der Waals surface area (Å²) in [6.45, 7) is 0.715. The Kier molecular flexibility index (Phi) is 3.48. The van der Waals surface area contributed by atoms with Gasteiger partial charge in [0.2, 0.25) is 0 Å². The van der Waals surface area contributed by atoms with Crippen molar-refractivity contribution >= 4 is 11.8 Å². The third kappa shape index (κ3) is 2.12. The molecule has 0 unspecified atom stereocenters. The molecule has 1 aromatic heterocycles. The van der Waals surface area contributed by atoms with Gasteiger partial charge in [-0.2, -0.15) is 11.8 Å². The summed E-state index contributed by atoms with van der Waals surface area (Å²) < 4.78 is 2.33. The summed E-state index contributed by atoms with van der Waals surface area (Å²) in [5.41, 5.74) is 6.87. The molecule has 0 saturated carbocycles. The van der Waals surface area contributed by atoms with E-state index in [1.807, 2.05) is 12.5 Å². The third-order valence-corrected chi connectivity index (χ3v) is 3.78. The van der Waals surface area contributed by atoms with Gasteiger partial charge in [-0.3, -0.25) is 0 Å². The maximum atomic E-state index is 5.57. The van der Waals surface area contributed by atoms with Crippen LogP contribution < -0.4 is 5.73 Å². The molecule has 4 heteroatoms. The minimum Gasteiger partial charge on any atom is -0.331 e. The van der Waals surface area contributed by atoms with Gasteiger partial charge in [0, 0.05) is 24.4 Å². The van der Waals surface area contributed by atoms with E-state index in [0.29, 0.717) is 12.6 Å². The first kappa shape index (κ1) is 10.1. The van der Waals surface area contributed by atoms with Crippen LogP contribution in [0.1, 0.15) is 24.6 Å². The summed E-state index contributed by atoms with van der Waals surface area (Å²) in [4.78, 5) is 4.22. The summed E-state index contributed by atoms with van der Waals surface area (Å²) in [7, 11) is 0. The van der Waals surface area contributed by atoms with Gasteiger partial charge in [-0.25, -0.2) is 4.98 Å². The van der Waals surface area contributed by atoms with Crippen LogP contribution in [0.15, 0.2) is 12.5 Å². The molecule has 3 nitrogen and oxygen atoms in total. The standard InChI is InChI=1S/C10H17N3S/c11-4-1-10-7-12-8-13(10)9-2-5-14-6-3-9/h7-9H,1-6,11H2. The van der Waals surface area contributed by atoms with Gasteiger partial charge in [-0.15, -0.1) is 0 Å². The Labute approximate surface area is 89.1 Å². The van der Waals surface area contributed by atoms with Crippen LogP contribution >= 0.6 is 11.8 Å². The summed E-state index contributed by atoms with van der Waals surface area (Å²) in [5.74, 6) is 2.57. The van der Waals surface area contributed by atoms with E-state index in [1.54, 1.807) is 0 Å². The van der Waals surface area contributed by atoms with E-state index in [2.05, 4.69) is 21.3 Å². The smallest absolute Gasteiger partial charge is 0.0950 e. The molecular weight excluding hydrogens is 194 g/mol. The Bertz CT molecular complexity index is 279. The van der Waals surface area contributed by atoms with Gasteiger partial charge in [0.05, 0.1) is 6.33 Å². The number of aromatic nitrogens is 2. The minimum atomic E-state index is 0.667. The second-order valence-electron chi connectivity index (χ2n) is 3.67. The lowest BCUT2D eigenvalue weighted by atomic mass is 10.1. The number of hydrogen-bond acceptors (Lipinski definition) is 3. The SMILES string of the molecule is NCCc1cncn1C1CCSCC1. The van der Waals surface area contributed by atoms with E-state index in [4.69, 9.17) is 5.73 Å². The quantitative estimate of drug-likeness (QED) is 0.823. The zero-order valence-corrected chi connectivity index (χ0v) is 9.17. The highest BCUT2D eigenvalue weighted by Crippen LogP contribution is 2.27. The summed E-state index contributed by atoms with van der Waals surface area (Å²) >= 11 is 2.06. The number of hydrogen-bond donors (Lipinski definition) is 1. The van der Waals surface area contributed by atoms with Crippen molar-refractivity contribution in [2.75, 3.05) is 18.1 Å². The van der Waals surface area contributed by atoms with E-state index in [0.717, 1.165) is 6.42 Å². The molecule has 0 atom stereocenters. The summed E-state index contributed by atoms with van der Waals surface area (Å²) in [6, 6.07) is 0.667. The Balaban J connectivity index is 2.09. The lowest BCUT2D eigenvalue weighted by molar-refractivity contribution is 0.455. The first-order valence-electron chi connectivity index (χ1n) is 5.20. The second kappa shape index (κ2) is 4.84. The Morgan fingerprint density at radius 3 is 3.00 bits per heavy atom. The average Bonchev–Trinajstić information content (AvgIpc) is 2.68. The fourth-order valence-corrected chi connectivity index (χ4v) is 3.05.